The summed E-state index contributed by atoms with van der Waals surface area (Å²) in [5.74, 6) is 0. The van der Waals surface area contributed by atoms with Gasteiger partial charge in [-0.1, -0.05) is 0 Å². The molecule has 0 bridgehead atoms. The van der Waals surface area contributed by atoms with E-state index in [2.05, 4.69) is 4.31 Å². The third kappa shape index (κ3) is 8.26. The molecular formula is H5O7P2+. The lowest BCUT2D eigenvalue weighted by atomic mass is 15.7. The van der Waals surface area contributed by atoms with Crippen molar-refractivity contribution >= 4 is 15.6 Å². The van der Waals surface area contributed by atoms with Crippen molar-refractivity contribution in [3.8, 4) is 0 Å². The summed E-state index contributed by atoms with van der Waals surface area (Å²) in [6.45, 7) is 0. The fourth-order valence-corrected chi connectivity index (χ4v) is 1.25. The Hall–Kier alpha value is 0.260. The van der Waals surface area contributed by atoms with Crippen molar-refractivity contribution in [2.24, 2.45) is 0 Å². The Labute approximate surface area is 51.2 Å². The lowest BCUT2D eigenvalue weighted by molar-refractivity contribution is 0.225. The fraction of sp³-hybridized carbons (Fsp3) is 0. The zero-order valence-electron chi connectivity index (χ0n) is 4.91. The summed E-state index contributed by atoms with van der Waals surface area (Å²) in [6, 6.07) is 0. The third-order valence-corrected chi connectivity index (χ3v) is 1.91. The Balaban J connectivity index is 0. The van der Waals surface area contributed by atoms with Crippen LogP contribution in [0.3, 0.4) is 0 Å². The first-order chi connectivity index (χ1) is 3.71. The lowest BCUT2D eigenvalue weighted by Gasteiger charge is -2.03. The molecule has 0 aliphatic heterocycles. The van der Waals surface area contributed by atoms with Gasteiger partial charge >= 0.3 is 17.1 Å². The zero-order chi connectivity index (χ0) is 7.71. The molecule has 0 aliphatic rings. The van der Waals surface area contributed by atoms with Crippen molar-refractivity contribution in [3.05, 3.63) is 0 Å². The minimum Gasteiger partial charge on any atom is -0.302 e. The van der Waals surface area contributed by atoms with Crippen molar-refractivity contribution in [3.63, 3.8) is 0 Å². The van der Waals surface area contributed by atoms with Gasteiger partial charge in [0.05, 0.1) is 0 Å². The van der Waals surface area contributed by atoms with Crippen LogP contribution < -0.4 is 0 Å². The van der Waals surface area contributed by atoms with Gasteiger partial charge in [-0.25, -0.2) is 9.13 Å². The zero-order valence-corrected chi connectivity index (χ0v) is 5.70. The summed E-state index contributed by atoms with van der Waals surface area (Å²) >= 11 is 0. The van der Waals surface area contributed by atoms with E-state index in [1.807, 2.05) is 0 Å². The third-order valence-electron chi connectivity index (χ3n) is 0.213. The van der Waals surface area contributed by atoms with Crippen LogP contribution in [0.5, 0.6) is 0 Å². The highest BCUT2D eigenvalue weighted by molar-refractivity contribution is 7.60. The van der Waals surface area contributed by atoms with Gasteiger partial charge < -0.3 is 19.6 Å². The second-order valence-corrected chi connectivity index (χ2v) is 3.68. The van der Waals surface area contributed by atoms with E-state index < -0.39 is 15.6 Å². The van der Waals surface area contributed by atoms with E-state index in [0.29, 0.717) is 0 Å². The molecule has 0 aromatic rings. The Morgan fingerprint density at radius 2 is 1.22 bits per heavy atom. The average Bonchev–Trinajstić information content (AvgIpc) is 1.14. The van der Waals surface area contributed by atoms with Crippen LogP contribution in [-0.4, -0.2) is 19.6 Å². The van der Waals surface area contributed by atoms with E-state index in [1.165, 1.54) is 0 Å². The maximum Gasteiger partial charge on any atom is 1.00 e. The Bertz CT molecular complexity index is 152. The predicted molar refractivity (Wildman–Crippen MR) is 26.3 cm³/mol. The first kappa shape index (κ1) is 9.26. The maximum absolute atomic E-state index is 9.63. The number of rotatable bonds is 2. The van der Waals surface area contributed by atoms with Crippen molar-refractivity contribution in [2.75, 3.05) is 0 Å². The average molecular weight is 179 g/mol. The van der Waals surface area contributed by atoms with E-state index in [9.17, 15) is 9.13 Å². The van der Waals surface area contributed by atoms with Gasteiger partial charge in [-0.3, -0.25) is 0 Å². The monoisotopic (exact) mass is 179 g/mol. The van der Waals surface area contributed by atoms with Crippen LogP contribution in [0.1, 0.15) is 1.43 Å². The summed E-state index contributed by atoms with van der Waals surface area (Å²) in [5.41, 5.74) is 0. The highest BCUT2D eigenvalue weighted by Gasteiger charge is 2.27. The summed E-state index contributed by atoms with van der Waals surface area (Å²) in [5, 5.41) is 0. The van der Waals surface area contributed by atoms with E-state index in [-0.39, 0.29) is 1.43 Å². The van der Waals surface area contributed by atoms with Crippen LogP contribution in [0, 0.1) is 0 Å². The minimum absolute atomic E-state index is 0. The van der Waals surface area contributed by atoms with Gasteiger partial charge in [-0.15, -0.1) is 0 Å². The van der Waals surface area contributed by atoms with Crippen molar-refractivity contribution in [1.82, 2.24) is 0 Å². The molecule has 0 unspecified atom stereocenters. The molecule has 0 heterocycles. The molecule has 0 spiro atoms. The van der Waals surface area contributed by atoms with Gasteiger partial charge in [0, 0.05) is 0 Å². The van der Waals surface area contributed by atoms with Gasteiger partial charge in [0.2, 0.25) is 0 Å². The molecule has 9 heavy (non-hydrogen) atoms. The molecule has 0 amide bonds. The first-order valence-electron chi connectivity index (χ1n) is 1.53. The molecule has 0 rings (SSSR count). The van der Waals surface area contributed by atoms with Gasteiger partial charge in [0.15, 0.2) is 0 Å². The molecule has 56 valence electrons. The van der Waals surface area contributed by atoms with Crippen LogP contribution in [0.2, 0.25) is 0 Å². The van der Waals surface area contributed by atoms with Crippen LogP contribution in [0.25, 0.3) is 0 Å². The standard InChI is InChI=1S/H4O7P2/c1-8(2,3)7-9(4,5)6/h(H2,1,2,3)(H2,4,5,6)/p+1. The highest BCUT2D eigenvalue weighted by Crippen LogP contribution is 2.53. The molecule has 9 heteroatoms. The van der Waals surface area contributed by atoms with E-state index in [0.717, 1.165) is 0 Å². The molecule has 0 saturated heterocycles. The quantitative estimate of drug-likeness (QED) is 0.413. The van der Waals surface area contributed by atoms with Crippen molar-refractivity contribution in [1.29, 1.82) is 0 Å². The van der Waals surface area contributed by atoms with Crippen LogP contribution in [0.15, 0.2) is 0 Å². The van der Waals surface area contributed by atoms with E-state index in [4.69, 9.17) is 19.6 Å². The maximum atomic E-state index is 9.63. The first-order valence-corrected chi connectivity index (χ1v) is 4.59. The molecule has 4 N–H and O–H groups in total. The smallest absolute Gasteiger partial charge is 0.302 e. The highest BCUT2D eigenvalue weighted by atomic mass is 31.3. The molecule has 0 aromatic heterocycles. The SMILES string of the molecule is O=P(O)(O)OP(=O)(O)O.[H+]. The van der Waals surface area contributed by atoms with E-state index in [1.54, 1.807) is 0 Å². The van der Waals surface area contributed by atoms with Gasteiger partial charge in [0.1, 0.15) is 0 Å². The van der Waals surface area contributed by atoms with Crippen molar-refractivity contribution < 1.29 is 34.4 Å². The van der Waals surface area contributed by atoms with E-state index >= 15 is 0 Å². The molecule has 7 nitrogen and oxygen atoms in total. The molecule has 0 fully saturated rings. The molecule has 0 saturated carbocycles. The van der Waals surface area contributed by atoms with Crippen molar-refractivity contribution in [2.45, 2.75) is 0 Å². The summed E-state index contributed by atoms with van der Waals surface area (Å²) in [6.07, 6.45) is 0. The van der Waals surface area contributed by atoms with Gasteiger partial charge in [-0.05, 0) is 0 Å². The Morgan fingerprint density at radius 1 is 1.00 bits per heavy atom. The lowest BCUT2D eigenvalue weighted by Crippen LogP contribution is -1.84. The summed E-state index contributed by atoms with van der Waals surface area (Å²) in [4.78, 5) is 31.0. The Kier molecular flexibility index (Phi) is 2.55. The fourth-order valence-electron chi connectivity index (χ4n) is 0.139. The largest absolute Gasteiger partial charge is 1.00 e. The molecule has 0 aromatic carbocycles. The number of phosphoric acid groups is 2. The predicted octanol–water partition coefficient (Wildman–Crippen LogP) is -0.699. The summed E-state index contributed by atoms with van der Waals surface area (Å²) < 4.78 is 22.2. The van der Waals surface area contributed by atoms with Crippen LogP contribution >= 0.6 is 15.6 Å². The van der Waals surface area contributed by atoms with Gasteiger partial charge in [-0.2, -0.15) is 4.31 Å². The number of hydrogen-bond acceptors (Lipinski definition) is 3. The van der Waals surface area contributed by atoms with Crippen LogP contribution in [-0.2, 0) is 13.4 Å². The molecular weight excluding hydrogens is 174 g/mol. The summed E-state index contributed by atoms with van der Waals surface area (Å²) in [7, 11) is -10.1. The van der Waals surface area contributed by atoms with Crippen LogP contribution in [0.4, 0.5) is 0 Å². The second kappa shape index (κ2) is 2.48. The topological polar surface area (TPSA) is 124 Å². The second-order valence-electron chi connectivity index (χ2n) is 1.06. The Morgan fingerprint density at radius 3 is 1.22 bits per heavy atom. The molecule has 0 aliphatic carbocycles. The van der Waals surface area contributed by atoms with Gasteiger partial charge in [0.25, 0.3) is 0 Å². The number of hydrogen-bond donors (Lipinski definition) is 4. The minimum atomic E-state index is -5.05. The molecule has 0 atom stereocenters. The normalized spacial score (nSPS) is 13.8. The molecule has 0 radical (unpaired) electrons.